The molecule has 1 aliphatic heterocycles. The Kier molecular flexibility index (Phi) is 4.67. The lowest BCUT2D eigenvalue weighted by atomic mass is 10.1. The lowest BCUT2D eigenvalue weighted by Gasteiger charge is -2.17. The summed E-state index contributed by atoms with van der Waals surface area (Å²) in [7, 11) is 3.39. The average Bonchev–Trinajstić information content (AvgIpc) is 2.99. The van der Waals surface area contributed by atoms with Crippen molar-refractivity contribution in [3.8, 4) is 0 Å². The number of likely N-dealkylation sites (tertiary alicyclic amines) is 1. The first-order valence-corrected chi connectivity index (χ1v) is 7.12. The molecule has 0 atom stereocenters. The molecule has 1 saturated heterocycles. The highest BCUT2D eigenvalue weighted by atomic mass is 16.2. The van der Waals surface area contributed by atoms with Crippen molar-refractivity contribution in [1.82, 2.24) is 9.80 Å². The minimum absolute atomic E-state index is 0.0660. The monoisotopic (exact) mass is 290 g/mol. The van der Waals surface area contributed by atoms with Gasteiger partial charge >= 0.3 is 0 Å². The molecule has 2 rings (SSSR count). The number of benzene rings is 1. The first-order chi connectivity index (χ1) is 9.99. The number of anilines is 2. The minimum Gasteiger partial charge on any atom is -0.397 e. The lowest BCUT2D eigenvalue weighted by molar-refractivity contribution is -0.128. The van der Waals surface area contributed by atoms with Crippen molar-refractivity contribution < 1.29 is 9.59 Å². The Bertz CT molecular complexity index is 536. The van der Waals surface area contributed by atoms with E-state index in [1.54, 1.807) is 32.3 Å². The van der Waals surface area contributed by atoms with E-state index in [1.807, 2.05) is 4.90 Å². The molecule has 1 heterocycles. The Hall–Kier alpha value is -2.24. The van der Waals surface area contributed by atoms with Crippen LogP contribution in [0.4, 0.5) is 11.4 Å². The Morgan fingerprint density at radius 3 is 2.57 bits per heavy atom. The standard InChI is InChI=1S/C15H22N4O2/c1-18(2)15(21)11-5-6-12(16)13(9-11)17-10-14(20)19-7-3-4-8-19/h5-6,9,17H,3-4,7-8,10,16H2,1-2H3. The van der Waals surface area contributed by atoms with Crippen LogP contribution >= 0.6 is 0 Å². The number of hydrogen-bond donors (Lipinski definition) is 2. The van der Waals surface area contributed by atoms with Crippen LogP contribution < -0.4 is 11.1 Å². The van der Waals surface area contributed by atoms with E-state index in [-0.39, 0.29) is 18.4 Å². The molecule has 6 nitrogen and oxygen atoms in total. The van der Waals surface area contributed by atoms with Gasteiger partial charge in [-0.15, -0.1) is 0 Å². The van der Waals surface area contributed by atoms with Gasteiger partial charge in [0.1, 0.15) is 0 Å². The van der Waals surface area contributed by atoms with Gasteiger partial charge < -0.3 is 20.9 Å². The molecular weight excluding hydrogens is 268 g/mol. The largest absolute Gasteiger partial charge is 0.397 e. The molecule has 1 aromatic carbocycles. The van der Waals surface area contributed by atoms with E-state index in [9.17, 15) is 9.59 Å². The van der Waals surface area contributed by atoms with Crippen molar-refractivity contribution in [3.63, 3.8) is 0 Å². The Morgan fingerprint density at radius 1 is 1.29 bits per heavy atom. The van der Waals surface area contributed by atoms with Gasteiger partial charge in [0, 0.05) is 32.7 Å². The molecule has 6 heteroatoms. The van der Waals surface area contributed by atoms with Gasteiger partial charge in [0.05, 0.1) is 17.9 Å². The normalized spacial score (nSPS) is 14.1. The summed E-state index contributed by atoms with van der Waals surface area (Å²) in [4.78, 5) is 27.3. The molecule has 114 valence electrons. The summed E-state index contributed by atoms with van der Waals surface area (Å²) in [6.45, 7) is 1.86. The number of nitrogens with zero attached hydrogens (tertiary/aromatic N) is 2. The number of rotatable bonds is 4. The molecular formula is C15H22N4O2. The second-order valence-electron chi connectivity index (χ2n) is 5.44. The molecule has 1 aliphatic rings. The summed E-state index contributed by atoms with van der Waals surface area (Å²) < 4.78 is 0. The second-order valence-corrected chi connectivity index (χ2v) is 5.44. The summed E-state index contributed by atoms with van der Waals surface area (Å²) in [6.07, 6.45) is 2.14. The summed E-state index contributed by atoms with van der Waals surface area (Å²) >= 11 is 0. The highest BCUT2D eigenvalue weighted by molar-refractivity contribution is 5.96. The fourth-order valence-electron chi connectivity index (χ4n) is 2.35. The van der Waals surface area contributed by atoms with Crippen LogP contribution in [0.25, 0.3) is 0 Å². The van der Waals surface area contributed by atoms with E-state index >= 15 is 0 Å². The fourth-order valence-corrected chi connectivity index (χ4v) is 2.35. The predicted octanol–water partition coefficient (Wildman–Crippen LogP) is 1.00. The number of carbonyl (C=O) groups excluding carboxylic acids is 2. The molecule has 21 heavy (non-hydrogen) atoms. The van der Waals surface area contributed by atoms with Gasteiger partial charge in [-0.05, 0) is 31.0 Å². The zero-order valence-electron chi connectivity index (χ0n) is 12.6. The third-order valence-electron chi connectivity index (χ3n) is 3.60. The van der Waals surface area contributed by atoms with Crippen molar-refractivity contribution in [2.24, 2.45) is 0 Å². The maximum absolute atomic E-state index is 12.0. The maximum Gasteiger partial charge on any atom is 0.253 e. The number of nitrogen functional groups attached to an aromatic ring is 1. The molecule has 2 amide bonds. The van der Waals surface area contributed by atoms with E-state index < -0.39 is 0 Å². The Labute approximate surface area is 124 Å². The van der Waals surface area contributed by atoms with Crippen LogP contribution in [0.1, 0.15) is 23.2 Å². The SMILES string of the molecule is CN(C)C(=O)c1ccc(N)c(NCC(=O)N2CCCC2)c1. The van der Waals surface area contributed by atoms with Gasteiger partial charge in [0.25, 0.3) is 5.91 Å². The van der Waals surface area contributed by atoms with Gasteiger partial charge in [-0.1, -0.05) is 0 Å². The van der Waals surface area contributed by atoms with Crippen molar-refractivity contribution in [1.29, 1.82) is 0 Å². The smallest absolute Gasteiger partial charge is 0.253 e. The third-order valence-corrected chi connectivity index (χ3v) is 3.60. The van der Waals surface area contributed by atoms with Crippen LogP contribution in [0.15, 0.2) is 18.2 Å². The number of hydrogen-bond acceptors (Lipinski definition) is 4. The number of carbonyl (C=O) groups is 2. The van der Waals surface area contributed by atoms with Gasteiger partial charge in [0.2, 0.25) is 5.91 Å². The molecule has 0 unspecified atom stereocenters. The average molecular weight is 290 g/mol. The molecule has 1 fully saturated rings. The number of nitrogens with two attached hydrogens (primary N) is 1. The summed E-state index contributed by atoms with van der Waals surface area (Å²) in [5, 5.41) is 3.04. The van der Waals surface area contributed by atoms with E-state index in [1.165, 1.54) is 4.90 Å². The van der Waals surface area contributed by atoms with Crippen LogP contribution in [0, 0.1) is 0 Å². The summed E-state index contributed by atoms with van der Waals surface area (Å²) in [5.74, 6) is -0.0276. The first kappa shape index (κ1) is 15.2. The third kappa shape index (κ3) is 3.65. The highest BCUT2D eigenvalue weighted by Gasteiger charge is 2.18. The zero-order valence-corrected chi connectivity index (χ0v) is 12.6. The lowest BCUT2D eigenvalue weighted by Crippen LogP contribution is -2.33. The van der Waals surface area contributed by atoms with Gasteiger partial charge in [-0.25, -0.2) is 0 Å². The Balaban J connectivity index is 2.03. The van der Waals surface area contributed by atoms with Crippen LogP contribution in [0.2, 0.25) is 0 Å². The van der Waals surface area contributed by atoms with Crippen molar-refractivity contribution in [2.75, 3.05) is 44.8 Å². The molecule has 0 spiro atoms. The quantitative estimate of drug-likeness (QED) is 0.811. The molecule has 1 aromatic rings. The van der Waals surface area contributed by atoms with Gasteiger partial charge in [0.15, 0.2) is 0 Å². The van der Waals surface area contributed by atoms with Gasteiger partial charge in [-0.3, -0.25) is 9.59 Å². The molecule has 0 aromatic heterocycles. The molecule has 0 bridgehead atoms. The van der Waals surface area contributed by atoms with Crippen LogP contribution in [0.5, 0.6) is 0 Å². The Morgan fingerprint density at radius 2 is 1.95 bits per heavy atom. The van der Waals surface area contributed by atoms with Gasteiger partial charge in [-0.2, -0.15) is 0 Å². The molecule has 0 saturated carbocycles. The van der Waals surface area contributed by atoms with E-state index in [2.05, 4.69) is 5.32 Å². The molecule has 3 N–H and O–H groups in total. The van der Waals surface area contributed by atoms with Crippen molar-refractivity contribution in [2.45, 2.75) is 12.8 Å². The fraction of sp³-hybridized carbons (Fsp3) is 0.467. The summed E-state index contributed by atoms with van der Waals surface area (Å²) in [5.41, 5.74) is 7.59. The van der Waals surface area contributed by atoms with Crippen LogP contribution in [-0.4, -0.2) is 55.3 Å². The van der Waals surface area contributed by atoms with E-state index in [4.69, 9.17) is 5.73 Å². The number of nitrogens with one attached hydrogen (secondary N) is 1. The highest BCUT2D eigenvalue weighted by Crippen LogP contribution is 2.20. The van der Waals surface area contributed by atoms with E-state index in [0.717, 1.165) is 25.9 Å². The maximum atomic E-state index is 12.0. The predicted molar refractivity (Wildman–Crippen MR) is 83.2 cm³/mol. The second kappa shape index (κ2) is 6.47. The van der Waals surface area contributed by atoms with Crippen molar-refractivity contribution in [3.05, 3.63) is 23.8 Å². The van der Waals surface area contributed by atoms with E-state index in [0.29, 0.717) is 16.9 Å². The minimum atomic E-state index is -0.0936. The topological polar surface area (TPSA) is 78.7 Å². The first-order valence-electron chi connectivity index (χ1n) is 7.12. The van der Waals surface area contributed by atoms with Crippen LogP contribution in [0.3, 0.4) is 0 Å². The van der Waals surface area contributed by atoms with Crippen molar-refractivity contribution >= 4 is 23.2 Å². The van der Waals surface area contributed by atoms with Crippen LogP contribution in [-0.2, 0) is 4.79 Å². The zero-order chi connectivity index (χ0) is 15.4. The number of amides is 2. The molecule has 0 aliphatic carbocycles. The summed E-state index contributed by atoms with van der Waals surface area (Å²) in [6, 6.07) is 5.06. The molecule has 0 radical (unpaired) electrons.